The molecule has 2 heterocycles. The number of aromatic nitrogens is 1. The predicted molar refractivity (Wildman–Crippen MR) is 74.4 cm³/mol. The number of halogens is 1. The fraction of sp³-hybridized carbons (Fsp3) is 0.357. The number of nitrogens with zero attached hydrogens (tertiary/aromatic N) is 1. The molecule has 3 rings (SSSR count). The van der Waals surface area contributed by atoms with Gasteiger partial charge in [0.15, 0.2) is 0 Å². The molecule has 0 amide bonds. The van der Waals surface area contributed by atoms with Gasteiger partial charge in [0, 0.05) is 24.4 Å². The van der Waals surface area contributed by atoms with Gasteiger partial charge in [0.25, 0.3) is 0 Å². The summed E-state index contributed by atoms with van der Waals surface area (Å²) in [4.78, 5) is 4.73. The van der Waals surface area contributed by atoms with Crippen LogP contribution in [0, 0.1) is 6.92 Å². The molecule has 0 fully saturated rings. The van der Waals surface area contributed by atoms with E-state index in [1.807, 2.05) is 19.2 Å². The number of hydrogen-bond donors (Lipinski definition) is 1. The Hall–Kier alpha value is -1.32. The molecule has 0 unspecified atom stereocenters. The number of anilines is 1. The van der Waals surface area contributed by atoms with Gasteiger partial charge in [0.05, 0.1) is 35.1 Å². The van der Waals surface area contributed by atoms with E-state index < -0.39 is 0 Å². The zero-order valence-electron chi connectivity index (χ0n) is 10.5. The van der Waals surface area contributed by atoms with Crippen LogP contribution >= 0.6 is 11.6 Å². The van der Waals surface area contributed by atoms with Crippen LogP contribution in [0.3, 0.4) is 0 Å². The van der Waals surface area contributed by atoms with Crippen LogP contribution in [0.4, 0.5) is 5.69 Å². The molecule has 0 atom stereocenters. The molecule has 1 aromatic carbocycles. The van der Waals surface area contributed by atoms with Crippen LogP contribution in [0.5, 0.6) is 0 Å². The Morgan fingerprint density at radius 2 is 2.22 bits per heavy atom. The van der Waals surface area contributed by atoms with Crippen LogP contribution in [0.25, 0.3) is 10.9 Å². The summed E-state index contributed by atoms with van der Waals surface area (Å²) in [5, 5.41) is 5.10. The topological polar surface area (TPSA) is 34.2 Å². The van der Waals surface area contributed by atoms with Crippen molar-refractivity contribution in [3.05, 3.63) is 34.0 Å². The second-order valence-corrected chi connectivity index (χ2v) is 4.96. The number of pyridine rings is 1. The van der Waals surface area contributed by atoms with Crippen molar-refractivity contribution >= 4 is 28.2 Å². The highest BCUT2D eigenvalue weighted by atomic mass is 35.5. The monoisotopic (exact) mass is 262 g/mol. The first-order valence-corrected chi connectivity index (χ1v) is 6.46. The van der Waals surface area contributed by atoms with Crippen molar-refractivity contribution in [3.8, 4) is 0 Å². The van der Waals surface area contributed by atoms with Gasteiger partial charge in [0.1, 0.15) is 0 Å². The van der Waals surface area contributed by atoms with Crippen LogP contribution in [-0.2, 0) is 17.8 Å². The highest BCUT2D eigenvalue weighted by Crippen LogP contribution is 2.36. The molecule has 94 valence electrons. The third-order valence-corrected chi connectivity index (χ3v) is 3.77. The molecular weight excluding hydrogens is 248 g/mol. The summed E-state index contributed by atoms with van der Waals surface area (Å²) in [5.74, 6) is 0. The van der Waals surface area contributed by atoms with Crippen molar-refractivity contribution in [3.63, 3.8) is 0 Å². The fourth-order valence-electron chi connectivity index (χ4n) is 2.57. The van der Waals surface area contributed by atoms with E-state index in [2.05, 4.69) is 12.2 Å². The minimum atomic E-state index is 0.625. The second-order valence-electron chi connectivity index (χ2n) is 4.55. The minimum absolute atomic E-state index is 0.625. The van der Waals surface area contributed by atoms with Gasteiger partial charge in [-0.25, -0.2) is 0 Å². The molecule has 0 radical (unpaired) electrons. The number of fused-ring (bicyclic) bond motifs is 2. The van der Waals surface area contributed by atoms with E-state index in [1.54, 1.807) is 0 Å². The van der Waals surface area contributed by atoms with Crippen LogP contribution in [0.2, 0.25) is 5.02 Å². The summed E-state index contributed by atoms with van der Waals surface area (Å²) < 4.78 is 5.54. The maximum atomic E-state index is 6.28. The van der Waals surface area contributed by atoms with E-state index in [-0.39, 0.29) is 0 Å². The highest BCUT2D eigenvalue weighted by Gasteiger charge is 2.19. The molecule has 0 saturated heterocycles. The highest BCUT2D eigenvalue weighted by molar-refractivity contribution is 6.35. The first kappa shape index (κ1) is 11.8. The van der Waals surface area contributed by atoms with Crippen LogP contribution in [0.15, 0.2) is 12.1 Å². The van der Waals surface area contributed by atoms with E-state index in [0.29, 0.717) is 11.6 Å². The van der Waals surface area contributed by atoms with Crippen molar-refractivity contribution in [1.82, 2.24) is 4.98 Å². The fourth-order valence-corrected chi connectivity index (χ4v) is 2.77. The molecule has 1 aliphatic heterocycles. The lowest BCUT2D eigenvalue weighted by Crippen LogP contribution is -2.14. The quantitative estimate of drug-likeness (QED) is 0.856. The maximum absolute atomic E-state index is 6.28. The van der Waals surface area contributed by atoms with E-state index in [1.165, 1.54) is 11.1 Å². The minimum Gasteiger partial charge on any atom is -0.387 e. The smallest absolute Gasteiger partial charge is 0.0915 e. The summed E-state index contributed by atoms with van der Waals surface area (Å²) >= 11 is 6.28. The second kappa shape index (κ2) is 4.41. The Kier molecular flexibility index (Phi) is 2.88. The van der Waals surface area contributed by atoms with Gasteiger partial charge in [-0.2, -0.15) is 0 Å². The number of aryl methyl sites for hydroxylation is 1. The van der Waals surface area contributed by atoms with E-state index in [9.17, 15) is 0 Å². The maximum Gasteiger partial charge on any atom is 0.0915 e. The third-order valence-electron chi connectivity index (χ3n) is 3.46. The van der Waals surface area contributed by atoms with Gasteiger partial charge < -0.3 is 10.1 Å². The van der Waals surface area contributed by atoms with Gasteiger partial charge in [-0.3, -0.25) is 4.98 Å². The Morgan fingerprint density at radius 1 is 1.39 bits per heavy atom. The number of ether oxygens (including phenoxy) is 1. The van der Waals surface area contributed by atoms with Gasteiger partial charge in [-0.15, -0.1) is 0 Å². The van der Waals surface area contributed by atoms with Crippen molar-refractivity contribution in [2.45, 2.75) is 20.0 Å². The molecule has 18 heavy (non-hydrogen) atoms. The molecule has 1 aliphatic rings. The number of nitrogens with one attached hydrogen (secondary N) is 1. The van der Waals surface area contributed by atoms with Crippen LogP contribution in [0.1, 0.15) is 16.8 Å². The first-order valence-electron chi connectivity index (χ1n) is 6.08. The molecule has 2 aromatic rings. The molecule has 0 aliphatic carbocycles. The Bertz CT molecular complexity index is 625. The van der Waals surface area contributed by atoms with Crippen LogP contribution in [-0.4, -0.2) is 18.6 Å². The Labute approximate surface area is 111 Å². The average molecular weight is 263 g/mol. The molecule has 1 N–H and O–H groups in total. The predicted octanol–water partition coefficient (Wildman–Crippen LogP) is 3.31. The Balaban J connectivity index is 2.44. The standard InChI is InChI=1S/C14H15ClN2O/c1-8-3-4-10(15)14-12(8)13(16-2)9-7-18-6-5-11(9)17-14/h3-4H,5-7H2,1-2H3,(H,16,17). The van der Waals surface area contributed by atoms with Crippen molar-refractivity contribution in [1.29, 1.82) is 0 Å². The van der Waals surface area contributed by atoms with Crippen molar-refractivity contribution < 1.29 is 4.74 Å². The molecule has 0 spiro atoms. The summed E-state index contributed by atoms with van der Waals surface area (Å²) in [7, 11) is 1.93. The summed E-state index contributed by atoms with van der Waals surface area (Å²) in [6, 6.07) is 3.95. The lowest BCUT2D eigenvalue weighted by molar-refractivity contribution is 0.110. The average Bonchev–Trinajstić information content (AvgIpc) is 2.41. The molecule has 1 aromatic heterocycles. The molecule has 0 saturated carbocycles. The lowest BCUT2D eigenvalue weighted by Gasteiger charge is -2.22. The zero-order chi connectivity index (χ0) is 12.7. The van der Waals surface area contributed by atoms with Gasteiger partial charge >= 0.3 is 0 Å². The lowest BCUT2D eigenvalue weighted by atomic mass is 10.00. The largest absolute Gasteiger partial charge is 0.387 e. The summed E-state index contributed by atoms with van der Waals surface area (Å²) in [5.41, 5.74) is 5.45. The van der Waals surface area contributed by atoms with E-state index in [0.717, 1.165) is 35.3 Å². The zero-order valence-corrected chi connectivity index (χ0v) is 11.3. The third kappa shape index (κ3) is 1.66. The SMILES string of the molecule is CNc1c2c(nc3c(Cl)ccc(C)c13)CCOC2. The number of hydrogen-bond acceptors (Lipinski definition) is 3. The molecule has 4 heteroatoms. The normalized spacial score (nSPS) is 14.6. The molecular formula is C14H15ClN2O. The van der Waals surface area contributed by atoms with Crippen molar-refractivity contribution in [2.75, 3.05) is 19.0 Å². The van der Waals surface area contributed by atoms with E-state index >= 15 is 0 Å². The van der Waals surface area contributed by atoms with Gasteiger partial charge in [-0.1, -0.05) is 17.7 Å². The summed E-state index contributed by atoms with van der Waals surface area (Å²) in [6.45, 7) is 3.44. The van der Waals surface area contributed by atoms with Gasteiger partial charge in [-0.05, 0) is 18.6 Å². The first-order chi connectivity index (χ1) is 8.72. The van der Waals surface area contributed by atoms with Crippen molar-refractivity contribution in [2.24, 2.45) is 0 Å². The Morgan fingerprint density at radius 3 is 3.00 bits per heavy atom. The van der Waals surface area contributed by atoms with E-state index in [4.69, 9.17) is 21.3 Å². The number of rotatable bonds is 1. The van der Waals surface area contributed by atoms with Crippen LogP contribution < -0.4 is 5.32 Å². The van der Waals surface area contributed by atoms with Gasteiger partial charge in [0.2, 0.25) is 0 Å². The molecule has 0 bridgehead atoms. The number of benzene rings is 1. The molecule has 3 nitrogen and oxygen atoms in total. The summed E-state index contributed by atoms with van der Waals surface area (Å²) in [6.07, 6.45) is 0.851.